The molecule has 3 aromatic rings. The van der Waals surface area contributed by atoms with Gasteiger partial charge in [-0.2, -0.15) is 0 Å². The number of hydrogen-bond acceptors (Lipinski definition) is 6. The Morgan fingerprint density at radius 1 is 1.03 bits per heavy atom. The predicted molar refractivity (Wildman–Crippen MR) is 122 cm³/mol. The molecule has 0 saturated carbocycles. The lowest BCUT2D eigenvalue weighted by Crippen LogP contribution is -2.36. The molecule has 4 rings (SSSR count). The van der Waals surface area contributed by atoms with E-state index in [1.807, 2.05) is 23.1 Å². The summed E-state index contributed by atoms with van der Waals surface area (Å²) < 4.78 is 12.3. The van der Waals surface area contributed by atoms with Gasteiger partial charge in [0.2, 0.25) is 5.91 Å². The van der Waals surface area contributed by atoms with Crippen LogP contribution in [0.1, 0.15) is 19.3 Å². The number of rotatable bonds is 6. The van der Waals surface area contributed by atoms with Crippen molar-refractivity contribution >= 4 is 28.6 Å². The van der Waals surface area contributed by atoms with Crippen molar-refractivity contribution in [1.29, 1.82) is 0 Å². The number of benzene rings is 2. The molecule has 162 valence electrons. The lowest BCUT2D eigenvalue weighted by molar-refractivity contribution is -0.129. The molecule has 0 N–H and O–H groups in total. The molecule has 0 radical (unpaired) electrons. The van der Waals surface area contributed by atoms with Crippen LogP contribution in [-0.4, -0.2) is 53.4 Å². The van der Waals surface area contributed by atoms with Crippen molar-refractivity contribution in [2.45, 2.75) is 24.4 Å². The van der Waals surface area contributed by atoms with Gasteiger partial charge in [0, 0.05) is 19.2 Å². The van der Waals surface area contributed by atoms with E-state index in [4.69, 9.17) is 14.5 Å². The fourth-order valence-corrected chi connectivity index (χ4v) is 4.68. The summed E-state index contributed by atoms with van der Waals surface area (Å²) in [4.78, 5) is 32.7. The summed E-state index contributed by atoms with van der Waals surface area (Å²) >= 11 is 1.28. The number of amides is 1. The number of ether oxygens (including phenoxy) is 2. The number of likely N-dealkylation sites (tertiary alicyclic amines) is 1. The molecule has 2 heterocycles. The third-order valence-corrected chi connectivity index (χ3v) is 6.33. The zero-order valence-corrected chi connectivity index (χ0v) is 18.5. The molecule has 0 atom stereocenters. The number of carbonyl (C=O) groups excluding carboxylic acids is 1. The van der Waals surface area contributed by atoms with Crippen LogP contribution in [0.5, 0.6) is 11.5 Å². The van der Waals surface area contributed by atoms with Crippen molar-refractivity contribution in [3.05, 3.63) is 52.8 Å². The zero-order chi connectivity index (χ0) is 21.8. The second-order valence-corrected chi connectivity index (χ2v) is 8.26. The van der Waals surface area contributed by atoms with Crippen LogP contribution in [0.15, 0.2) is 52.4 Å². The van der Waals surface area contributed by atoms with Crippen molar-refractivity contribution in [3.8, 4) is 17.2 Å². The van der Waals surface area contributed by atoms with Gasteiger partial charge in [-0.25, -0.2) is 4.98 Å². The van der Waals surface area contributed by atoms with Crippen LogP contribution in [0.4, 0.5) is 0 Å². The van der Waals surface area contributed by atoms with Crippen LogP contribution >= 0.6 is 11.8 Å². The quantitative estimate of drug-likeness (QED) is 0.432. The van der Waals surface area contributed by atoms with Gasteiger partial charge in [0.25, 0.3) is 5.56 Å². The molecular weight excluding hydrogens is 414 g/mol. The summed E-state index contributed by atoms with van der Waals surface area (Å²) in [5.41, 5.74) is 1.02. The minimum atomic E-state index is -0.189. The lowest BCUT2D eigenvalue weighted by Gasteiger charge is -2.26. The van der Waals surface area contributed by atoms with Crippen LogP contribution in [-0.2, 0) is 4.79 Å². The molecular formula is C23H25N3O4S. The summed E-state index contributed by atoms with van der Waals surface area (Å²) in [6.07, 6.45) is 3.25. The van der Waals surface area contributed by atoms with Gasteiger partial charge in [-0.05, 0) is 43.5 Å². The fourth-order valence-electron chi connectivity index (χ4n) is 3.76. The molecule has 0 spiro atoms. The van der Waals surface area contributed by atoms with Crippen LogP contribution in [0.3, 0.4) is 0 Å². The molecule has 7 nitrogen and oxygen atoms in total. The summed E-state index contributed by atoms with van der Waals surface area (Å²) in [5, 5.41) is 0.991. The van der Waals surface area contributed by atoms with E-state index in [1.54, 1.807) is 43.1 Å². The van der Waals surface area contributed by atoms with Crippen LogP contribution in [0, 0.1) is 0 Å². The van der Waals surface area contributed by atoms with Crippen molar-refractivity contribution in [1.82, 2.24) is 14.5 Å². The third kappa shape index (κ3) is 4.39. The number of fused-ring (bicyclic) bond motifs is 1. The normalized spacial score (nSPS) is 13.9. The summed E-state index contributed by atoms with van der Waals surface area (Å²) in [6.45, 7) is 1.60. The molecule has 1 aliphatic rings. The Balaban J connectivity index is 1.75. The van der Waals surface area contributed by atoms with Gasteiger partial charge in [-0.3, -0.25) is 14.2 Å². The standard InChI is InChI=1S/C23H25N3O4S/c1-29-19-11-10-16(14-20(19)30-2)26-22(28)17-8-4-5-9-18(17)24-23(26)31-15-21(27)25-12-6-3-7-13-25/h4-5,8-11,14H,3,6-7,12-13,15H2,1-2H3. The first-order valence-electron chi connectivity index (χ1n) is 10.3. The van der Waals surface area contributed by atoms with E-state index in [0.717, 1.165) is 25.9 Å². The topological polar surface area (TPSA) is 73.7 Å². The summed E-state index contributed by atoms with van der Waals surface area (Å²) in [5.74, 6) is 1.40. The molecule has 31 heavy (non-hydrogen) atoms. The van der Waals surface area contributed by atoms with E-state index in [-0.39, 0.29) is 17.2 Å². The Hall–Kier alpha value is -3.00. The number of nitrogens with zero attached hydrogens (tertiary/aromatic N) is 3. The van der Waals surface area contributed by atoms with Gasteiger partial charge in [-0.15, -0.1) is 0 Å². The first kappa shape index (κ1) is 21.2. The van der Waals surface area contributed by atoms with Crippen molar-refractivity contribution < 1.29 is 14.3 Å². The highest BCUT2D eigenvalue weighted by molar-refractivity contribution is 7.99. The predicted octanol–water partition coefficient (Wildman–Crippen LogP) is 3.51. The van der Waals surface area contributed by atoms with Crippen molar-refractivity contribution in [3.63, 3.8) is 0 Å². The van der Waals surface area contributed by atoms with E-state index in [9.17, 15) is 9.59 Å². The number of methoxy groups -OCH3 is 2. The van der Waals surface area contributed by atoms with Crippen LogP contribution < -0.4 is 15.0 Å². The second kappa shape index (κ2) is 9.43. The Bertz CT molecular complexity index is 1160. The third-order valence-electron chi connectivity index (χ3n) is 5.40. The average molecular weight is 440 g/mol. The Kier molecular flexibility index (Phi) is 6.46. The number of para-hydroxylation sites is 1. The van der Waals surface area contributed by atoms with Gasteiger partial charge in [0.1, 0.15) is 0 Å². The maximum atomic E-state index is 13.4. The molecule has 1 saturated heterocycles. The summed E-state index contributed by atoms with van der Waals surface area (Å²) in [7, 11) is 3.12. The van der Waals surface area contributed by atoms with Gasteiger partial charge >= 0.3 is 0 Å². The highest BCUT2D eigenvalue weighted by atomic mass is 32.2. The minimum Gasteiger partial charge on any atom is -0.493 e. The van der Waals surface area contributed by atoms with E-state index in [0.29, 0.717) is 33.2 Å². The van der Waals surface area contributed by atoms with Crippen LogP contribution in [0.2, 0.25) is 0 Å². The molecule has 1 fully saturated rings. The van der Waals surface area contributed by atoms with E-state index in [1.165, 1.54) is 18.2 Å². The summed E-state index contributed by atoms with van der Waals surface area (Å²) in [6, 6.07) is 12.5. The number of piperidine rings is 1. The molecule has 1 amide bonds. The molecule has 8 heteroatoms. The monoisotopic (exact) mass is 439 g/mol. The van der Waals surface area contributed by atoms with E-state index >= 15 is 0 Å². The molecule has 0 aliphatic carbocycles. The van der Waals surface area contributed by atoms with Crippen molar-refractivity contribution in [2.24, 2.45) is 0 Å². The van der Waals surface area contributed by atoms with Gasteiger partial charge in [0.05, 0.1) is 36.6 Å². The van der Waals surface area contributed by atoms with Gasteiger partial charge in [-0.1, -0.05) is 23.9 Å². The fraction of sp³-hybridized carbons (Fsp3) is 0.348. The molecule has 1 aromatic heterocycles. The maximum absolute atomic E-state index is 13.4. The maximum Gasteiger partial charge on any atom is 0.266 e. The van der Waals surface area contributed by atoms with Crippen LogP contribution in [0.25, 0.3) is 16.6 Å². The first-order valence-corrected chi connectivity index (χ1v) is 11.3. The Morgan fingerprint density at radius 2 is 1.77 bits per heavy atom. The highest BCUT2D eigenvalue weighted by Gasteiger charge is 2.20. The molecule has 0 unspecified atom stereocenters. The van der Waals surface area contributed by atoms with Gasteiger partial charge < -0.3 is 14.4 Å². The Labute approximate surface area is 185 Å². The average Bonchev–Trinajstić information content (AvgIpc) is 2.82. The SMILES string of the molecule is COc1ccc(-n2c(SCC(=O)N3CCCCC3)nc3ccccc3c2=O)cc1OC. The van der Waals surface area contributed by atoms with Gasteiger partial charge in [0.15, 0.2) is 16.7 Å². The second-order valence-electron chi connectivity index (χ2n) is 7.32. The zero-order valence-electron chi connectivity index (χ0n) is 17.7. The molecule has 2 aromatic carbocycles. The highest BCUT2D eigenvalue weighted by Crippen LogP contribution is 2.30. The number of hydrogen-bond donors (Lipinski definition) is 0. The smallest absolute Gasteiger partial charge is 0.266 e. The van der Waals surface area contributed by atoms with E-state index in [2.05, 4.69) is 0 Å². The number of aromatic nitrogens is 2. The molecule has 0 bridgehead atoms. The molecule has 1 aliphatic heterocycles. The minimum absolute atomic E-state index is 0.0750. The number of thioether (sulfide) groups is 1. The van der Waals surface area contributed by atoms with E-state index < -0.39 is 0 Å². The lowest BCUT2D eigenvalue weighted by atomic mass is 10.1. The first-order chi connectivity index (χ1) is 15.1. The van der Waals surface area contributed by atoms with Crippen molar-refractivity contribution in [2.75, 3.05) is 33.1 Å². The number of carbonyl (C=O) groups is 1. The Morgan fingerprint density at radius 3 is 2.52 bits per heavy atom. The largest absolute Gasteiger partial charge is 0.493 e.